The first-order valence-electron chi connectivity index (χ1n) is 4.80. The number of hydrogen-bond acceptors (Lipinski definition) is 3. The third kappa shape index (κ3) is 3.30. The molecule has 1 aromatic rings. The van der Waals surface area contributed by atoms with Crippen molar-refractivity contribution >= 4 is 16.7 Å². The molecule has 1 heterocycles. The Labute approximate surface area is 95.7 Å². The average molecular weight is 242 g/mol. The molecule has 0 radical (unpaired) electrons. The van der Waals surface area contributed by atoms with Gasteiger partial charge < -0.3 is 10.3 Å². The fourth-order valence-corrected chi connectivity index (χ4v) is 1.36. The average Bonchev–Trinajstić information content (AvgIpc) is 2.25. The fraction of sp³-hybridized carbons (Fsp3) is 0.400. The van der Waals surface area contributed by atoms with E-state index >= 15 is 0 Å². The van der Waals surface area contributed by atoms with Crippen molar-refractivity contribution in [2.75, 3.05) is 12.8 Å². The van der Waals surface area contributed by atoms with Crippen LogP contribution in [0.25, 0.3) is 0 Å². The second kappa shape index (κ2) is 5.60. The van der Waals surface area contributed by atoms with Gasteiger partial charge in [0.2, 0.25) is 0 Å². The lowest BCUT2D eigenvalue weighted by Gasteiger charge is -2.09. The Morgan fingerprint density at radius 2 is 2.31 bits per heavy atom. The quantitative estimate of drug-likeness (QED) is 0.772. The summed E-state index contributed by atoms with van der Waals surface area (Å²) in [6.45, 7) is 2.06. The van der Waals surface area contributed by atoms with Gasteiger partial charge in [-0.25, -0.2) is 0 Å². The maximum absolute atomic E-state index is 11.6. The van der Waals surface area contributed by atoms with Gasteiger partial charge in [-0.1, -0.05) is 0 Å². The van der Waals surface area contributed by atoms with Crippen LogP contribution in [0.4, 0.5) is 0 Å². The van der Waals surface area contributed by atoms with E-state index in [-0.39, 0.29) is 22.8 Å². The van der Waals surface area contributed by atoms with Gasteiger partial charge in [0, 0.05) is 47.3 Å². The highest BCUT2D eigenvalue weighted by molar-refractivity contribution is 7.84. The van der Waals surface area contributed by atoms with Gasteiger partial charge in [-0.05, 0) is 6.92 Å². The first-order chi connectivity index (χ1) is 7.52. The summed E-state index contributed by atoms with van der Waals surface area (Å²) in [6.07, 6.45) is 4.39. The molecule has 0 bridgehead atoms. The van der Waals surface area contributed by atoms with E-state index in [1.54, 1.807) is 13.2 Å². The molecule has 6 heteroatoms. The summed E-state index contributed by atoms with van der Waals surface area (Å²) < 4.78 is 11.1. The van der Waals surface area contributed by atoms with E-state index in [2.05, 4.69) is 10.3 Å². The van der Waals surface area contributed by atoms with Crippen molar-refractivity contribution in [1.82, 2.24) is 10.3 Å². The van der Waals surface area contributed by atoms with Crippen LogP contribution in [0, 0.1) is 0 Å². The molecule has 88 valence electrons. The molecular weight excluding hydrogens is 228 g/mol. The predicted molar refractivity (Wildman–Crippen MR) is 62.9 cm³/mol. The number of nitrogens with one attached hydrogen (secondary N) is 2. The zero-order valence-electron chi connectivity index (χ0n) is 9.15. The standard InChI is InChI=1S/C10H14N2O3S/c1-7(16(2)15)5-12-10(14)8-6-11-4-3-9(8)13/h3-4,6-7H,5H2,1-2H3,(H,11,13)(H,12,14). The summed E-state index contributed by atoms with van der Waals surface area (Å²) in [7, 11) is -0.989. The van der Waals surface area contributed by atoms with Gasteiger partial charge in [0.05, 0.1) is 0 Å². The molecular formula is C10H14N2O3S. The van der Waals surface area contributed by atoms with E-state index in [0.717, 1.165) is 0 Å². The number of hydrogen-bond donors (Lipinski definition) is 2. The molecule has 2 N–H and O–H groups in total. The molecule has 0 saturated carbocycles. The molecule has 0 aliphatic rings. The topological polar surface area (TPSA) is 79.0 Å². The van der Waals surface area contributed by atoms with Crippen LogP contribution < -0.4 is 10.7 Å². The number of H-pyrrole nitrogens is 1. The van der Waals surface area contributed by atoms with Crippen molar-refractivity contribution in [3.05, 3.63) is 34.2 Å². The Balaban J connectivity index is 2.64. The fourth-order valence-electron chi connectivity index (χ4n) is 1.04. The SMILES string of the molecule is CC(CNC(=O)c1c[nH]ccc1=O)S(C)=O. The third-order valence-corrected chi connectivity index (χ3v) is 3.49. The molecule has 0 aliphatic heterocycles. The highest BCUT2D eigenvalue weighted by atomic mass is 32.2. The number of rotatable bonds is 4. The first-order valence-corrected chi connectivity index (χ1v) is 6.42. The van der Waals surface area contributed by atoms with Crippen molar-refractivity contribution in [3.63, 3.8) is 0 Å². The minimum absolute atomic E-state index is 0.0663. The Morgan fingerprint density at radius 1 is 1.62 bits per heavy atom. The summed E-state index contributed by atoms with van der Waals surface area (Å²) in [5.41, 5.74) is -0.266. The molecule has 2 atom stereocenters. The zero-order chi connectivity index (χ0) is 12.1. The minimum atomic E-state index is -0.989. The van der Waals surface area contributed by atoms with Crippen molar-refractivity contribution in [2.45, 2.75) is 12.2 Å². The predicted octanol–water partition coefficient (Wildman–Crippen LogP) is -0.128. The Hall–Kier alpha value is -1.43. The second-order valence-corrected chi connectivity index (χ2v) is 5.24. The molecule has 1 amide bonds. The third-order valence-electron chi connectivity index (χ3n) is 2.19. The first kappa shape index (κ1) is 12.6. The van der Waals surface area contributed by atoms with E-state index in [0.29, 0.717) is 0 Å². The summed E-state index contributed by atoms with van der Waals surface area (Å²) in [5, 5.41) is 2.44. The van der Waals surface area contributed by atoms with Gasteiger partial charge in [0.1, 0.15) is 5.56 Å². The van der Waals surface area contributed by atoms with Crippen LogP contribution >= 0.6 is 0 Å². The van der Waals surface area contributed by atoms with E-state index in [1.165, 1.54) is 18.5 Å². The van der Waals surface area contributed by atoms with E-state index in [4.69, 9.17) is 0 Å². The largest absolute Gasteiger partial charge is 0.367 e. The highest BCUT2D eigenvalue weighted by Gasteiger charge is 2.12. The van der Waals surface area contributed by atoms with Crippen LogP contribution in [0.15, 0.2) is 23.3 Å². The van der Waals surface area contributed by atoms with Gasteiger partial charge in [-0.15, -0.1) is 0 Å². The number of amides is 1. The lowest BCUT2D eigenvalue weighted by molar-refractivity contribution is 0.0952. The highest BCUT2D eigenvalue weighted by Crippen LogP contribution is 1.92. The summed E-state index contributed by atoms with van der Waals surface area (Å²) in [4.78, 5) is 25.5. The minimum Gasteiger partial charge on any atom is -0.367 e. The molecule has 16 heavy (non-hydrogen) atoms. The van der Waals surface area contributed by atoms with Crippen LogP contribution in [0.2, 0.25) is 0 Å². The normalized spacial score (nSPS) is 14.1. The van der Waals surface area contributed by atoms with Crippen molar-refractivity contribution < 1.29 is 9.00 Å². The van der Waals surface area contributed by atoms with Gasteiger partial charge in [-0.2, -0.15) is 0 Å². The molecule has 5 nitrogen and oxygen atoms in total. The Bertz CT molecular complexity index is 455. The molecule has 0 spiro atoms. The smallest absolute Gasteiger partial charge is 0.256 e. The van der Waals surface area contributed by atoms with Gasteiger partial charge in [0.25, 0.3) is 5.91 Å². The lowest BCUT2D eigenvalue weighted by Crippen LogP contribution is -2.34. The molecule has 1 rings (SSSR count). The van der Waals surface area contributed by atoms with Gasteiger partial charge in [-0.3, -0.25) is 13.8 Å². The Kier molecular flexibility index (Phi) is 4.42. The van der Waals surface area contributed by atoms with Crippen LogP contribution in [0.5, 0.6) is 0 Å². The van der Waals surface area contributed by atoms with Gasteiger partial charge >= 0.3 is 0 Å². The van der Waals surface area contributed by atoms with Crippen LogP contribution in [0.1, 0.15) is 17.3 Å². The number of aromatic nitrogens is 1. The number of carbonyl (C=O) groups excluding carboxylic acids is 1. The van der Waals surface area contributed by atoms with E-state index < -0.39 is 16.7 Å². The van der Waals surface area contributed by atoms with Gasteiger partial charge in [0.15, 0.2) is 5.43 Å². The van der Waals surface area contributed by atoms with E-state index in [1.807, 2.05) is 0 Å². The monoisotopic (exact) mass is 242 g/mol. The lowest BCUT2D eigenvalue weighted by atomic mass is 10.2. The zero-order valence-corrected chi connectivity index (χ0v) is 9.97. The second-order valence-electron chi connectivity index (χ2n) is 3.44. The molecule has 1 aromatic heterocycles. The number of aromatic amines is 1. The van der Waals surface area contributed by atoms with Crippen LogP contribution in [-0.2, 0) is 10.8 Å². The molecule has 2 unspecified atom stereocenters. The van der Waals surface area contributed by atoms with Crippen molar-refractivity contribution in [3.8, 4) is 0 Å². The van der Waals surface area contributed by atoms with Crippen LogP contribution in [0.3, 0.4) is 0 Å². The van der Waals surface area contributed by atoms with Crippen molar-refractivity contribution in [1.29, 1.82) is 0 Å². The molecule has 0 aromatic carbocycles. The maximum Gasteiger partial charge on any atom is 0.256 e. The maximum atomic E-state index is 11.6. The summed E-state index contributed by atoms with van der Waals surface area (Å²) in [6, 6.07) is 1.29. The molecule has 0 aliphatic carbocycles. The Morgan fingerprint density at radius 3 is 2.88 bits per heavy atom. The summed E-state index contributed by atoms with van der Waals surface area (Å²) >= 11 is 0. The molecule has 0 saturated heterocycles. The number of carbonyl (C=O) groups is 1. The number of pyridine rings is 1. The van der Waals surface area contributed by atoms with Crippen LogP contribution in [-0.4, -0.2) is 33.2 Å². The summed E-state index contributed by atoms with van der Waals surface area (Å²) in [5.74, 6) is -0.445. The van der Waals surface area contributed by atoms with Crippen molar-refractivity contribution in [2.24, 2.45) is 0 Å². The van der Waals surface area contributed by atoms with E-state index in [9.17, 15) is 13.8 Å². The molecule has 0 fully saturated rings.